The molecule has 0 spiro atoms. The number of carbonyl (C=O) groups excluding carboxylic acids is 3. The second-order valence-electron chi connectivity index (χ2n) is 4.71. The molecule has 0 aliphatic carbocycles. The molecule has 2 rings (SSSR count). The van der Waals surface area contributed by atoms with Gasteiger partial charge in [-0.1, -0.05) is 18.2 Å². The van der Waals surface area contributed by atoms with Crippen LogP contribution in [0.1, 0.15) is 35.2 Å². The van der Waals surface area contributed by atoms with Crippen LogP contribution in [0.2, 0.25) is 0 Å². The van der Waals surface area contributed by atoms with Crippen LogP contribution in [0.5, 0.6) is 0 Å². The first-order valence-electron chi connectivity index (χ1n) is 6.55. The molecule has 3 N–H and O–H groups in total. The summed E-state index contributed by atoms with van der Waals surface area (Å²) in [6.07, 6.45) is 1.73. The van der Waals surface area contributed by atoms with Gasteiger partial charge in [-0.25, -0.2) is 5.84 Å². The maximum Gasteiger partial charge on any atom is 0.260 e. The number of benzene rings is 1. The molecule has 0 saturated heterocycles. The lowest BCUT2D eigenvalue weighted by Crippen LogP contribution is -2.42. The molecule has 0 radical (unpaired) electrons. The van der Waals surface area contributed by atoms with Crippen LogP contribution in [-0.2, 0) is 16.0 Å². The second-order valence-corrected chi connectivity index (χ2v) is 4.71. The van der Waals surface area contributed by atoms with Crippen molar-refractivity contribution in [2.75, 3.05) is 6.54 Å². The summed E-state index contributed by atoms with van der Waals surface area (Å²) in [5, 5.41) is 0. The molecule has 0 fully saturated rings. The van der Waals surface area contributed by atoms with Crippen molar-refractivity contribution in [3.05, 3.63) is 35.4 Å². The number of hydrogen-bond acceptors (Lipinski definition) is 4. The van der Waals surface area contributed by atoms with Crippen LogP contribution in [0.15, 0.2) is 24.3 Å². The Labute approximate surface area is 116 Å². The van der Waals surface area contributed by atoms with E-state index in [4.69, 9.17) is 5.84 Å². The fourth-order valence-corrected chi connectivity index (χ4v) is 2.25. The first kappa shape index (κ1) is 14.2. The zero-order chi connectivity index (χ0) is 14.5. The minimum absolute atomic E-state index is 0.183. The predicted molar refractivity (Wildman–Crippen MR) is 72.4 cm³/mol. The van der Waals surface area contributed by atoms with Crippen molar-refractivity contribution in [2.45, 2.75) is 25.7 Å². The zero-order valence-electron chi connectivity index (χ0n) is 11.1. The summed E-state index contributed by atoms with van der Waals surface area (Å²) in [5.74, 6) is 4.30. The van der Waals surface area contributed by atoms with E-state index in [1.807, 2.05) is 11.5 Å². The first-order chi connectivity index (χ1) is 9.63. The van der Waals surface area contributed by atoms with Gasteiger partial charge in [-0.15, -0.1) is 0 Å². The van der Waals surface area contributed by atoms with Crippen molar-refractivity contribution in [1.29, 1.82) is 0 Å². The molecule has 3 amide bonds. The van der Waals surface area contributed by atoms with E-state index in [2.05, 4.69) is 0 Å². The predicted octanol–water partition coefficient (Wildman–Crippen LogP) is 0.372. The molecule has 1 aromatic rings. The summed E-state index contributed by atoms with van der Waals surface area (Å²) in [5.41, 5.74) is 3.42. The number of nitrogens with one attached hydrogen (secondary N) is 1. The standard InChI is InChI=1S/C14H17N3O3/c15-16-12(18)7-3-4-8-17-13(19)9-10-5-1-2-6-11(10)14(17)20/h1-2,5-6H,3-4,7-9,15H2,(H,16,18). The van der Waals surface area contributed by atoms with Crippen molar-refractivity contribution in [3.63, 3.8) is 0 Å². The van der Waals surface area contributed by atoms with Crippen molar-refractivity contribution < 1.29 is 14.4 Å². The lowest BCUT2D eigenvalue weighted by atomic mass is 9.98. The van der Waals surface area contributed by atoms with Gasteiger partial charge in [-0.3, -0.25) is 24.7 Å². The Morgan fingerprint density at radius 2 is 2.00 bits per heavy atom. The Hall–Kier alpha value is -2.21. The maximum atomic E-state index is 12.2. The Bertz CT molecular complexity index is 542. The van der Waals surface area contributed by atoms with Gasteiger partial charge < -0.3 is 0 Å². The Balaban J connectivity index is 1.94. The van der Waals surface area contributed by atoms with Gasteiger partial charge in [0.15, 0.2) is 0 Å². The Morgan fingerprint density at radius 1 is 1.25 bits per heavy atom. The summed E-state index contributed by atoms with van der Waals surface area (Å²) in [6, 6.07) is 7.14. The molecule has 1 aliphatic rings. The summed E-state index contributed by atoms with van der Waals surface area (Å²) in [6.45, 7) is 0.337. The molecular formula is C14H17N3O3. The topological polar surface area (TPSA) is 92.5 Å². The van der Waals surface area contributed by atoms with Gasteiger partial charge in [0.1, 0.15) is 0 Å². The largest absolute Gasteiger partial charge is 0.294 e. The number of fused-ring (bicyclic) bond motifs is 1. The molecule has 6 heteroatoms. The number of carbonyl (C=O) groups is 3. The van der Waals surface area contributed by atoms with Crippen LogP contribution >= 0.6 is 0 Å². The number of hydrazine groups is 1. The van der Waals surface area contributed by atoms with Crippen LogP contribution in [0.4, 0.5) is 0 Å². The van der Waals surface area contributed by atoms with E-state index in [-0.39, 0.29) is 24.1 Å². The highest BCUT2D eigenvalue weighted by Gasteiger charge is 2.29. The average Bonchev–Trinajstić information content (AvgIpc) is 2.46. The van der Waals surface area contributed by atoms with Crippen molar-refractivity contribution in [2.24, 2.45) is 5.84 Å². The highest BCUT2D eigenvalue weighted by atomic mass is 16.2. The van der Waals surface area contributed by atoms with Gasteiger partial charge in [0.05, 0.1) is 6.42 Å². The molecule has 0 unspecified atom stereocenters. The molecule has 0 atom stereocenters. The van der Waals surface area contributed by atoms with E-state index in [9.17, 15) is 14.4 Å². The first-order valence-corrected chi connectivity index (χ1v) is 6.55. The molecule has 106 valence electrons. The van der Waals surface area contributed by atoms with E-state index in [0.717, 1.165) is 5.56 Å². The Kier molecular flexibility index (Phi) is 4.47. The number of unbranched alkanes of at least 4 members (excludes halogenated alkanes) is 1. The fraction of sp³-hybridized carbons (Fsp3) is 0.357. The smallest absolute Gasteiger partial charge is 0.260 e. The molecule has 0 aromatic heterocycles. The van der Waals surface area contributed by atoms with Gasteiger partial charge in [0, 0.05) is 18.5 Å². The third kappa shape index (κ3) is 3.03. The highest BCUT2D eigenvalue weighted by Crippen LogP contribution is 2.19. The minimum atomic E-state index is -0.250. The third-order valence-electron chi connectivity index (χ3n) is 3.33. The number of imide groups is 1. The molecule has 6 nitrogen and oxygen atoms in total. The molecule has 1 heterocycles. The highest BCUT2D eigenvalue weighted by molar-refractivity contribution is 6.09. The van der Waals surface area contributed by atoms with Crippen LogP contribution in [0.3, 0.4) is 0 Å². The molecule has 0 bridgehead atoms. The van der Waals surface area contributed by atoms with Gasteiger partial charge in [-0.2, -0.15) is 0 Å². The van der Waals surface area contributed by atoms with Crippen molar-refractivity contribution >= 4 is 17.7 Å². The van der Waals surface area contributed by atoms with Crippen LogP contribution in [-0.4, -0.2) is 29.2 Å². The van der Waals surface area contributed by atoms with Gasteiger partial charge in [0.25, 0.3) is 5.91 Å². The van der Waals surface area contributed by atoms with Crippen molar-refractivity contribution in [3.8, 4) is 0 Å². The third-order valence-corrected chi connectivity index (χ3v) is 3.33. The Morgan fingerprint density at radius 3 is 2.75 bits per heavy atom. The molecule has 20 heavy (non-hydrogen) atoms. The number of nitrogens with zero attached hydrogens (tertiary/aromatic N) is 1. The molecule has 0 saturated carbocycles. The summed E-state index contributed by atoms with van der Waals surface area (Å²) < 4.78 is 0. The zero-order valence-corrected chi connectivity index (χ0v) is 11.1. The van der Waals surface area contributed by atoms with Crippen LogP contribution < -0.4 is 11.3 Å². The maximum absolute atomic E-state index is 12.2. The van der Waals surface area contributed by atoms with Crippen LogP contribution in [0.25, 0.3) is 0 Å². The lowest BCUT2D eigenvalue weighted by molar-refractivity contribution is -0.128. The van der Waals surface area contributed by atoms with Gasteiger partial charge in [-0.05, 0) is 24.5 Å². The normalized spacial score (nSPS) is 14.2. The molecular weight excluding hydrogens is 258 g/mol. The van der Waals surface area contributed by atoms with E-state index in [0.29, 0.717) is 31.4 Å². The lowest BCUT2D eigenvalue weighted by Gasteiger charge is -2.26. The van der Waals surface area contributed by atoms with Gasteiger partial charge >= 0.3 is 0 Å². The summed E-state index contributed by atoms with van der Waals surface area (Å²) in [4.78, 5) is 36.4. The second kappa shape index (κ2) is 6.29. The minimum Gasteiger partial charge on any atom is -0.294 e. The van der Waals surface area contributed by atoms with Crippen molar-refractivity contribution in [1.82, 2.24) is 10.3 Å². The van der Waals surface area contributed by atoms with Crippen LogP contribution in [0, 0.1) is 0 Å². The SMILES string of the molecule is NNC(=O)CCCCN1C(=O)Cc2ccccc2C1=O. The fourth-order valence-electron chi connectivity index (χ4n) is 2.25. The van der Waals surface area contributed by atoms with Gasteiger partial charge in [0.2, 0.25) is 11.8 Å². The number of rotatable bonds is 5. The quantitative estimate of drug-likeness (QED) is 0.267. The summed E-state index contributed by atoms with van der Waals surface area (Å²) in [7, 11) is 0. The summed E-state index contributed by atoms with van der Waals surface area (Å²) >= 11 is 0. The number of amides is 3. The van der Waals surface area contributed by atoms with E-state index in [1.54, 1.807) is 18.2 Å². The number of nitrogens with two attached hydrogens (primary N) is 1. The van der Waals surface area contributed by atoms with E-state index >= 15 is 0 Å². The van der Waals surface area contributed by atoms with E-state index < -0.39 is 0 Å². The number of hydrogen-bond donors (Lipinski definition) is 2. The monoisotopic (exact) mass is 275 g/mol. The van der Waals surface area contributed by atoms with E-state index in [1.165, 1.54) is 4.90 Å². The molecule has 1 aromatic carbocycles. The molecule has 1 aliphatic heterocycles. The average molecular weight is 275 g/mol.